The molecule has 0 radical (unpaired) electrons. The maximum Gasteiger partial charge on any atom is 0.119 e. The summed E-state index contributed by atoms with van der Waals surface area (Å²) in [5.41, 5.74) is 1.36. The molecule has 1 saturated heterocycles. The van der Waals surface area contributed by atoms with Crippen LogP contribution in [0.25, 0.3) is 0 Å². The number of benzene rings is 1. The average molecular weight is 299 g/mol. The Labute approximate surface area is 129 Å². The fourth-order valence-electron chi connectivity index (χ4n) is 2.80. The third-order valence-electron chi connectivity index (χ3n) is 3.82. The van der Waals surface area contributed by atoms with Crippen LogP contribution in [0.4, 0.5) is 0 Å². The summed E-state index contributed by atoms with van der Waals surface area (Å²) in [7, 11) is 2.05. The first-order valence-electron chi connectivity index (χ1n) is 7.40. The SMILES string of the molecule is CCOc1cccc(CN2CCC(CNC)CC2)c1.Cl. The summed E-state index contributed by atoms with van der Waals surface area (Å²) in [6, 6.07) is 8.49. The van der Waals surface area contributed by atoms with Crippen LogP contribution in [0.1, 0.15) is 25.3 Å². The average Bonchev–Trinajstić information content (AvgIpc) is 2.42. The first kappa shape index (κ1) is 17.3. The molecule has 0 aliphatic carbocycles. The Hall–Kier alpha value is -0.770. The molecule has 1 fully saturated rings. The van der Waals surface area contributed by atoms with Crippen LogP contribution in [0.3, 0.4) is 0 Å². The Bertz CT molecular complexity index is 378. The van der Waals surface area contributed by atoms with Gasteiger partial charge in [-0.2, -0.15) is 0 Å². The zero-order valence-corrected chi connectivity index (χ0v) is 13.4. The molecule has 3 nitrogen and oxygen atoms in total. The second-order valence-corrected chi connectivity index (χ2v) is 5.36. The molecule has 0 spiro atoms. The van der Waals surface area contributed by atoms with Gasteiger partial charge in [0.25, 0.3) is 0 Å². The summed E-state index contributed by atoms with van der Waals surface area (Å²) in [6.45, 7) is 7.40. The molecule has 0 bridgehead atoms. The van der Waals surface area contributed by atoms with E-state index in [0.29, 0.717) is 0 Å². The van der Waals surface area contributed by atoms with E-state index in [-0.39, 0.29) is 12.4 Å². The lowest BCUT2D eigenvalue weighted by Gasteiger charge is -2.31. The molecule has 0 saturated carbocycles. The van der Waals surface area contributed by atoms with Crippen molar-refractivity contribution in [1.82, 2.24) is 10.2 Å². The van der Waals surface area contributed by atoms with E-state index >= 15 is 0 Å². The molecule has 1 heterocycles. The van der Waals surface area contributed by atoms with Gasteiger partial charge in [-0.25, -0.2) is 0 Å². The van der Waals surface area contributed by atoms with Gasteiger partial charge in [-0.05, 0) is 70.1 Å². The van der Waals surface area contributed by atoms with Gasteiger partial charge < -0.3 is 10.1 Å². The lowest BCUT2D eigenvalue weighted by molar-refractivity contribution is 0.176. The lowest BCUT2D eigenvalue weighted by Crippen LogP contribution is -2.36. The number of nitrogens with one attached hydrogen (secondary N) is 1. The van der Waals surface area contributed by atoms with E-state index in [9.17, 15) is 0 Å². The van der Waals surface area contributed by atoms with Crippen LogP contribution in [0.5, 0.6) is 5.75 Å². The number of piperidine rings is 1. The van der Waals surface area contributed by atoms with Crippen molar-refractivity contribution in [2.24, 2.45) is 5.92 Å². The molecule has 0 unspecified atom stereocenters. The number of nitrogens with zero attached hydrogens (tertiary/aromatic N) is 1. The number of hydrogen-bond acceptors (Lipinski definition) is 3. The van der Waals surface area contributed by atoms with Gasteiger partial charge in [-0.3, -0.25) is 4.90 Å². The first-order chi connectivity index (χ1) is 9.31. The molecule has 1 aliphatic heterocycles. The van der Waals surface area contributed by atoms with Crippen molar-refractivity contribution in [3.05, 3.63) is 29.8 Å². The molecule has 1 aromatic rings. The minimum atomic E-state index is 0. The van der Waals surface area contributed by atoms with Crippen molar-refractivity contribution in [3.8, 4) is 5.75 Å². The molecule has 1 aromatic carbocycles. The number of rotatable bonds is 6. The Morgan fingerprint density at radius 2 is 2.05 bits per heavy atom. The number of likely N-dealkylation sites (tertiary alicyclic amines) is 1. The molecule has 0 amide bonds. The largest absolute Gasteiger partial charge is 0.494 e. The second kappa shape index (κ2) is 9.22. The van der Waals surface area contributed by atoms with Crippen LogP contribution in [0, 0.1) is 5.92 Å². The molecule has 0 atom stereocenters. The van der Waals surface area contributed by atoms with Gasteiger partial charge in [-0.1, -0.05) is 12.1 Å². The van der Waals surface area contributed by atoms with Gasteiger partial charge in [0, 0.05) is 6.54 Å². The molecule has 20 heavy (non-hydrogen) atoms. The molecule has 4 heteroatoms. The standard InChI is InChI=1S/C16H26N2O.ClH/c1-3-19-16-6-4-5-15(11-16)13-18-9-7-14(8-10-18)12-17-2;/h4-6,11,14,17H,3,7-10,12-13H2,1-2H3;1H. The fourth-order valence-corrected chi connectivity index (χ4v) is 2.80. The molecule has 0 aromatic heterocycles. The van der Waals surface area contributed by atoms with Gasteiger partial charge in [-0.15, -0.1) is 12.4 Å². The van der Waals surface area contributed by atoms with Gasteiger partial charge in [0.2, 0.25) is 0 Å². The third kappa shape index (κ3) is 5.31. The van der Waals surface area contributed by atoms with Crippen LogP contribution >= 0.6 is 12.4 Å². The van der Waals surface area contributed by atoms with Gasteiger partial charge in [0.05, 0.1) is 6.61 Å². The monoisotopic (exact) mass is 298 g/mol. The van der Waals surface area contributed by atoms with E-state index in [1.807, 2.05) is 20.0 Å². The summed E-state index contributed by atoms with van der Waals surface area (Å²) in [6.07, 6.45) is 2.62. The van der Waals surface area contributed by atoms with Crippen LogP contribution in [0.15, 0.2) is 24.3 Å². The zero-order valence-electron chi connectivity index (χ0n) is 12.6. The summed E-state index contributed by atoms with van der Waals surface area (Å²) in [5.74, 6) is 1.85. The molecular weight excluding hydrogens is 272 g/mol. The molecule has 2 rings (SSSR count). The van der Waals surface area contributed by atoms with Crippen LogP contribution in [0.2, 0.25) is 0 Å². The van der Waals surface area contributed by atoms with Crippen molar-refractivity contribution >= 4 is 12.4 Å². The highest BCUT2D eigenvalue weighted by Gasteiger charge is 2.18. The Balaban J connectivity index is 0.00000200. The van der Waals surface area contributed by atoms with Crippen molar-refractivity contribution < 1.29 is 4.74 Å². The first-order valence-corrected chi connectivity index (χ1v) is 7.40. The van der Waals surface area contributed by atoms with E-state index in [1.165, 1.54) is 31.5 Å². The van der Waals surface area contributed by atoms with Crippen LogP contribution in [-0.4, -0.2) is 38.2 Å². The minimum Gasteiger partial charge on any atom is -0.494 e. The summed E-state index contributed by atoms with van der Waals surface area (Å²) in [5, 5.41) is 3.29. The topological polar surface area (TPSA) is 24.5 Å². The summed E-state index contributed by atoms with van der Waals surface area (Å²) in [4.78, 5) is 2.55. The van der Waals surface area contributed by atoms with Gasteiger partial charge in [0.1, 0.15) is 5.75 Å². The van der Waals surface area contributed by atoms with E-state index in [1.54, 1.807) is 0 Å². The molecule has 1 aliphatic rings. The predicted molar refractivity (Wildman–Crippen MR) is 86.8 cm³/mol. The number of ether oxygens (including phenoxy) is 1. The highest BCUT2D eigenvalue weighted by Crippen LogP contribution is 2.20. The third-order valence-corrected chi connectivity index (χ3v) is 3.82. The van der Waals surface area contributed by atoms with Gasteiger partial charge in [0.15, 0.2) is 0 Å². The quantitative estimate of drug-likeness (QED) is 0.874. The maximum absolute atomic E-state index is 5.56. The van der Waals surface area contributed by atoms with Crippen LogP contribution in [-0.2, 0) is 6.54 Å². The zero-order chi connectivity index (χ0) is 13.5. The highest BCUT2D eigenvalue weighted by molar-refractivity contribution is 5.85. The van der Waals surface area contributed by atoms with E-state index in [0.717, 1.165) is 31.4 Å². The summed E-state index contributed by atoms with van der Waals surface area (Å²) >= 11 is 0. The predicted octanol–water partition coefficient (Wildman–Crippen LogP) is 2.94. The lowest BCUT2D eigenvalue weighted by atomic mass is 9.96. The Morgan fingerprint density at radius 3 is 2.70 bits per heavy atom. The smallest absolute Gasteiger partial charge is 0.119 e. The minimum absolute atomic E-state index is 0. The van der Waals surface area contributed by atoms with E-state index in [4.69, 9.17) is 4.74 Å². The van der Waals surface area contributed by atoms with E-state index in [2.05, 4.69) is 28.4 Å². The second-order valence-electron chi connectivity index (χ2n) is 5.36. The highest BCUT2D eigenvalue weighted by atomic mass is 35.5. The van der Waals surface area contributed by atoms with Crippen molar-refractivity contribution in [1.29, 1.82) is 0 Å². The fraction of sp³-hybridized carbons (Fsp3) is 0.625. The normalized spacial score (nSPS) is 16.7. The van der Waals surface area contributed by atoms with Crippen molar-refractivity contribution in [2.45, 2.75) is 26.3 Å². The molecule has 1 N–H and O–H groups in total. The summed E-state index contributed by atoms with van der Waals surface area (Å²) < 4.78 is 5.56. The Kier molecular flexibility index (Phi) is 7.97. The molecular formula is C16H27ClN2O. The van der Waals surface area contributed by atoms with E-state index < -0.39 is 0 Å². The number of halogens is 1. The van der Waals surface area contributed by atoms with Crippen LogP contribution < -0.4 is 10.1 Å². The van der Waals surface area contributed by atoms with Crippen molar-refractivity contribution in [2.75, 3.05) is 33.3 Å². The van der Waals surface area contributed by atoms with Gasteiger partial charge >= 0.3 is 0 Å². The Morgan fingerprint density at radius 1 is 1.30 bits per heavy atom. The maximum atomic E-state index is 5.56. The van der Waals surface area contributed by atoms with Crippen molar-refractivity contribution in [3.63, 3.8) is 0 Å². The molecule has 114 valence electrons. The number of hydrogen-bond donors (Lipinski definition) is 1.